The van der Waals surface area contributed by atoms with Gasteiger partial charge in [0.15, 0.2) is 0 Å². The molecular formula is C30H51NO5. The standard InChI is InChI=1S/C30H51NO5/c1-4-22-25-16-21(33)9-12-30(25,3)24-10-13-29(2)20(7-8-23(29)26(24)27(22)34)6-5-15-36-28(35)31-14-11-19(17-31)18-32/h19-27,32-34H,4-18H2,1-3H3/t19-,20-,21+,22+,23-,24-,25-,26-,27+,29+,30+/m0/s1. The Morgan fingerprint density at radius 2 is 1.75 bits per heavy atom. The fourth-order valence-electron chi connectivity index (χ4n) is 10.3. The van der Waals surface area contributed by atoms with Crippen LogP contribution in [0.25, 0.3) is 0 Å². The van der Waals surface area contributed by atoms with Crippen molar-refractivity contribution in [3.05, 3.63) is 0 Å². The zero-order valence-corrected chi connectivity index (χ0v) is 22.9. The Balaban J connectivity index is 1.21. The van der Waals surface area contributed by atoms with Crippen molar-refractivity contribution in [3.8, 4) is 0 Å². The van der Waals surface area contributed by atoms with Crippen LogP contribution in [0.1, 0.15) is 91.4 Å². The van der Waals surface area contributed by atoms with Gasteiger partial charge < -0.3 is 25.0 Å². The second kappa shape index (κ2) is 10.4. The van der Waals surface area contributed by atoms with E-state index in [9.17, 15) is 20.1 Å². The Morgan fingerprint density at radius 1 is 1.00 bits per heavy atom. The summed E-state index contributed by atoms with van der Waals surface area (Å²) in [5.74, 6) is 3.14. The normalized spacial score (nSPS) is 48.3. The van der Waals surface area contributed by atoms with Gasteiger partial charge in [-0.2, -0.15) is 0 Å². The smallest absolute Gasteiger partial charge is 0.409 e. The highest BCUT2D eigenvalue weighted by Gasteiger charge is 2.64. The highest BCUT2D eigenvalue weighted by molar-refractivity contribution is 5.67. The highest BCUT2D eigenvalue weighted by Crippen LogP contribution is 2.69. The van der Waals surface area contributed by atoms with Gasteiger partial charge in [-0.25, -0.2) is 4.79 Å². The number of likely N-dealkylation sites (tertiary alicyclic amines) is 1. The molecular weight excluding hydrogens is 454 g/mol. The molecule has 4 aliphatic carbocycles. The van der Waals surface area contributed by atoms with Gasteiger partial charge in [0.2, 0.25) is 0 Å². The van der Waals surface area contributed by atoms with Crippen LogP contribution in [0.2, 0.25) is 0 Å². The van der Waals surface area contributed by atoms with Crippen molar-refractivity contribution >= 4 is 6.09 Å². The summed E-state index contributed by atoms with van der Waals surface area (Å²) >= 11 is 0. The molecule has 1 saturated heterocycles. The Morgan fingerprint density at radius 3 is 2.47 bits per heavy atom. The van der Waals surface area contributed by atoms with Crippen LogP contribution in [-0.2, 0) is 4.74 Å². The van der Waals surface area contributed by atoms with Crippen molar-refractivity contribution in [1.82, 2.24) is 4.90 Å². The molecule has 36 heavy (non-hydrogen) atoms. The van der Waals surface area contributed by atoms with Crippen LogP contribution in [0.15, 0.2) is 0 Å². The van der Waals surface area contributed by atoms with Crippen LogP contribution in [0.3, 0.4) is 0 Å². The molecule has 1 amide bonds. The lowest BCUT2D eigenvalue weighted by Crippen LogP contribution is -2.62. The first-order chi connectivity index (χ1) is 17.2. The summed E-state index contributed by atoms with van der Waals surface area (Å²) in [6, 6.07) is 0. The van der Waals surface area contributed by atoms with Gasteiger partial charge in [-0.1, -0.05) is 27.2 Å². The molecule has 5 fully saturated rings. The summed E-state index contributed by atoms with van der Waals surface area (Å²) in [5.41, 5.74) is 0.521. The molecule has 3 N–H and O–H groups in total. The second-order valence-corrected chi connectivity index (χ2v) is 13.8. The first-order valence-electron chi connectivity index (χ1n) is 15.1. The Kier molecular flexibility index (Phi) is 7.71. The number of rotatable bonds is 6. The van der Waals surface area contributed by atoms with E-state index < -0.39 is 0 Å². The van der Waals surface area contributed by atoms with E-state index in [1.807, 2.05) is 0 Å². The van der Waals surface area contributed by atoms with Gasteiger partial charge in [-0.15, -0.1) is 0 Å². The molecule has 11 atom stereocenters. The summed E-state index contributed by atoms with van der Waals surface area (Å²) in [6.45, 7) is 9.16. The maximum atomic E-state index is 12.4. The lowest BCUT2D eigenvalue weighted by Gasteiger charge is -2.64. The maximum absolute atomic E-state index is 12.4. The quantitative estimate of drug-likeness (QED) is 0.449. The number of carbonyl (C=O) groups is 1. The van der Waals surface area contributed by atoms with Crippen molar-refractivity contribution in [2.45, 2.75) is 104 Å². The lowest BCUT2D eigenvalue weighted by molar-refractivity contribution is -0.202. The van der Waals surface area contributed by atoms with Crippen LogP contribution in [-0.4, -0.2) is 64.8 Å². The molecule has 0 radical (unpaired) electrons. The molecule has 5 rings (SSSR count). The van der Waals surface area contributed by atoms with Crippen LogP contribution < -0.4 is 0 Å². The van der Waals surface area contributed by atoms with Crippen LogP contribution in [0, 0.1) is 52.3 Å². The number of aliphatic hydroxyl groups excluding tert-OH is 3. The van der Waals surface area contributed by atoms with Crippen molar-refractivity contribution < 1.29 is 24.9 Å². The highest BCUT2D eigenvalue weighted by atomic mass is 16.6. The molecule has 0 aromatic rings. The van der Waals surface area contributed by atoms with E-state index in [0.29, 0.717) is 55.2 Å². The minimum atomic E-state index is -0.240. The van der Waals surface area contributed by atoms with Gasteiger partial charge in [0.05, 0.1) is 18.8 Å². The molecule has 206 valence electrons. The molecule has 0 spiro atoms. The third-order valence-corrected chi connectivity index (χ3v) is 12.3. The van der Waals surface area contributed by atoms with E-state index in [1.165, 1.54) is 25.7 Å². The number of fused-ring (bicyclic) bond motifs is 5. The molecule has 1 heterocycles. The summed E-state index contributed by atoms with van der Waals surface area (Å²) in [7, 11) is 0. The summed E-state index contributed by atoms with van der Waals surface area (Å²) in [5, 5.41) is 31.6. The third kappa shape index (κ3) is 4.41. The van der Waals surface area contributed by atoms with E-state index in [0.717, 1.165) is 44.9 Å². The SMILES string of the molecule is CC[C@H]1[C@@H](O)[C@@H]2[C@H](CC[C@]3(C)[C@@H](CCCOC(=O)N4CC[C@H](CO)C4)CC[C@@H]23)[C@@]2(C)CC[C@@H](O)C[C@@H]12. The summed E-state index contributed by atoms with van der Waals surface area (Å²) in [6.07, 6.45) is 11.0. The van der Waals surface area contributed by atoms with Gasteiger partial charge in [0.25, 0.3) is 0 Å². The largest absolute Gasteiger partial charge is 0.449 e. The number of hydrogen-bond acceptors (Lipinski definition) is 5. The molecule has 0 bridgehead atoms. The predicted octanol–water partition coefficient (Wildman–Crippen LogP) is 4.84. The van der Waals surface area contributed by atoms with Gasteiger partial charge in [0.1, 0.15) is 0 Å². The van der Waals surface area contributed by atoms with Crippen LogP contribution >= 0.6 is 0 Å². The molecule has 0 unspecified atom stereocenters. The first kappa shape index (κ1) is 26.7. The number of amides is 1. The molecule has 0 aromatic heterocycles. The molecule has 1 aliphatic heterocycles. The predicted molar refractivity (Wildman–Crippen MR) is 139 cm³/mol. The molecule has 0 aromatic carbocycles. The van der Waals surface area contributed by atoms with Crippen molar-refractivity contribution in [3.63, 3.8) is 0 Å². The number of carbonyl (C=O) groups excluding carboxylic acids is 1. The van der Waals surface area contributed by atoms with Crippen LogP contribution in [0.4, 0.5) is 4.79 Å². The number of hydrogen-bond donors (Lipinski definition) is 3. The van der Waals surface area contributed by atoms with Crippen molar-refractivity contribution in [2.75, 3.05) is 26.3 Å². The van der Waals surface area contributed by atoms with E-state index in [1.54, 1.807) is 4.90 Å². The molecule has 6 nitrogen and oxygen atoms in total. The monoisotopic (exact) mass is 505 g/mol. The molecule has 5 aliphatic rings. The second-order valence-electron chi connectivity index (χ2n) is 13.8. The fourth-order valence-corrected chi connectivity index (χ4v) is 10.3. The zero-order chi connectivity index (χ0) is 25.7. The number of aliphatic hydroxyl groups is 3. The first-order valence-corrected chi connectivity index (χ1v) is 15.1. The van der Waals surface area contributed by atoms with Gasteiger partial charge >= 0.3 is 6.09 Å². The van der Waals surface area contributed by atoms with Gasteiger partial charge in [0, 0.05) is 25.6 Å². The fraction of sp³-hybridized carbons (Fsp3) is 0.967. The lowest BCUT2D eigenvalue weighted by atomic mass is 9.41. The number of nitrogens with zero attached hydrogens (tertiary/aromatic N) is 1. The van der Waals surface area contributed by atoms with E-state index in [4.69, 9.17) is 4.74 Å². The zero-order valence-electron chi connectivity index (χ0n) is 22.9. The Bertz CT molecular complexity index is 791. The number of ether oxygens (including phenoxy) is 1. The Hall–Kier alpha value is -0.850. The summed E-state index contributed by atoms with van der Waals surface area (Å²) < 4.78 is 5.61. The van der Waals surface area contributed by atoms with Crippen molar-refractivity contribution in [2.24, 2.45) is 52.3 Å². The summed E-state index contributed by atoms with van der Waals surface area (Å²) in [4.78, 5) is 14.1. The molecule has 4 saturated carbocycles. The topological polar surface area (TPSA) is 90.2 Å². The van der Waals surface area contributed by atoms with Crippen molar-refractivity contribution in [1.29, 1.82) is 0 Å². The minimum Gasteiger partial charge on any atom is -0.449 e. The molecule has 6 heteroatoms. The maximum Gasteiger partial charge on any atom is 0.409 e. The Labute approximate surface area is 218 Å². The van der Waals surface area contributed by atoms with E-state index >= 15 is 0 Å². The van der Waals surface area contributed by atoms with E-state index in [-0.39, 0.29) is 41.7 Å². The average Bonchev–Trinajstić information content (AvgIpc) is 3.48. The minimum absolute atomic E-state index is 0.141. The van der Waals surface area contributed by atoms with Gasteiger partial charge in [-0.3, -0.25) is 0 Å². The van der Waals surface area contributed by atoms with E-state index in [2.05, 4.69) is 20.8 Å². The third-order valence-electron chi connectivity index (χ3n) is 12.3. The van der Waals surface area contributed by atoms with Crippen LogP contribution in [0.5, 0.6) is 0 Å². The average molecular weight is 506 g/mol. The van der Waals surface area contributed by atoms with Gasteiger partial charge in [-0.05, 0) is 111 Å².